The second-order valence-corrected chi connectivity index (χ2v) is 13.6. The van der Waals surface area contributed by atoms with E-state index in [1.165, 1.54) is 64.5 Å². The van der Waals surface area contributed by atoms with Gasteiger partial charge in [-0.1, -0.05) is 13.8 Å². The van der Waals surface area contributed by atoms with Gasteiger partial charge in [-0.05, 0) is 139 Å². The van der Waals surface area contributed by atoms with Crippen LogP contribution in [0.1, 0.15) is 85.0 Å². The van der Waals surface area contributed by atoms with Crippen LogP contribution in [-0.4, -0.2) is 63.2 Å². The fraction of sp³-hybridized carbons (Fsp3) is 0.966. The van der Waals surface area contributed by atoms with Crippen molar-refractivity contribution in [2.45, 2.75) is 91.1 Å². The molecule has 4 heteroatoms. The summed E-state index contributed by atoms with van der Waals surface area (Å²) >= 11 is 0. The number of hydrogen-bond donors (Lipinski definition) is 0. The lowest BCUT2D eigenvalue weighted by Gasteiger charge is -2.61. The third kappa shape index (κ3) is 5.03. The zero-order valence-corrected chi connectivity index (χ0v) is 22.7. The van der Waals surface area contributed by atoms with Crippen molar-refractivity contribution in [1.29, 1.82) is 0 Å². The molecule has 4 aliphatic rings. The van der Waals surface area contributed by atoms with Crippen LogP contribution in [0.25, 0.3) is 0 Å². The number of carbonyl (C=O) groups excluding carboxylic acids is 1. The summed E-state index contributed by atoms with van der Waals surface area (Å²) in [6.45, 7) is 9.32. The molecule has 4 nitrogen and oxygen atoms in total. The van der Waals surface area contributed by atoms with E-state index >= 15 is 0 Å². The first-order chi connectivity index (χ1) is 15.5. The molecule has 4 fully saturated rings. The van der Waals surface area contributed by atoms with Crippen LogP contribution in [0.5, 0.6) is 0 Å². The Labute approximate surface area is 204 Å². The van der Waals surface area contributed by atoms with Gasteiger partial charge >= 0.3 is 5.97 Å². The minimum atomic E-state index is -0.0930. The average molecular weight is 461 g/mol. The molecule has 0 heterocycles. The van der Waals surface area contributed by atoms with Crippen molar-refractivity contribution >= 4 is 5.97 Å². The molecule has 0 aromatic rings. The smallest absolute Gasteiger partial charge is 0.302 e. The third-order valence-electron chi connectivity index (χ3n) is 11.0. The van der Waals surface area contributed by atoms with Crippen LogP contribution >= 0.6 is 0 Å². The molecule has 0 radical (unpaired) electrons. The summed E-state index contributed by atoms with van der Waals surface area (Å²) in [6.07, 6.45) is 13.6. The van der Waals surface area contributed by atoms with Crippen molar-refractivity contribution in [2.75, 3.05) is 41.3 Å². The lowest BCUT2D eigenvalue weighted by atomic mass is 9.44. The van der Waals surface area contributed by atoms with Gasteiger partial charge in [0.15, 0.2) is 0 Å². The standard InChI is InChI=1S/C29H52N2O2/c1-20(32)33-24-12-14-28(2)23(17-24)8-10-25-26-11-9-22(29(26,3)15-13-27(25)28)16-21(18-30(4)5)19-31(6)7/h21-27H,8-19H2,1-7H3. The van der Waals surface area contributed by atoms with Crippen LogP contribution in [0.3, 0.4) is 0 Å². The molecule has 190 valence electrons. The fourth-order valence-corrected chi connectivity index (χ4v) is 9.70. The van der Waals surface area contributed by atoms with Gasteiger partial charge in [0.25, 0.3) is 0 Å². The van der Waals surface area contributed by atoms with E-state index in [0.29, 0.717) is 10.8 Å². The molecule has 0 N–H and O–H groups in total. The van der Waals surface area contributed by atoms with Crippen LogP contribution in [0.2, 0.25) is 0 Å². The van der Waals surface area contributed by atoms with E-state index in [1.807, 2.05) is 0 Å². The number of esters is 1. The maximum absolute atomic E-state index is 11.5. The van der Waals surface area contributed by atoms with Crippen molar-refractivity contribution < 1.29 is 9.53 Å². The van der Waals surface area contributed by atoms with Crippen molar-refractivity contribution in [1.82, 2.24) is 9.80 Å². The molecule has 33 heavy (non-hydrogen) atoms. The summed E-state index contributed by atoms with van der Waals surface area (Å²) in [5.74, 6) is 5.10. The lowest BCUT2D eigenvalue weighted by molar-refractivity contribution is -0.160. The number of hydrogen-bond acceptors (Lipinski definition) is 4. The maximum Gasteiger partial charge on any atom is 0.302 e. The maximum atomic E-state index is 11.5. The Kier molecular flexibility index (Phi) is 7.57. The van der Waals surface area contributed by atoms with E-state index in [0.717, 1.165) is 48.3 Å². The molecule has 0 amide bonds. The number of carbonyl (C=O) groups is 1. The fourth-order valence-electron chi connectivity index (χ4n) is 9.70. The Bertz CT molecular complexity index is 683. The predicted octanol–water partition coefficient (Wildman–Crippen LogP) is 5.71. The molecule has 8 unspecified atom stereocenters. The van der Waals surface area contributed by atoms with Crippen molar-refractivity contribution in [3.05, 3.63) is 0 Å². The summed E-state index contributed by atoms with van der Waals surface area (Å²) in [7, 11) is 8.95. The molecular formula is C29H52N2O2. The van der Waals surface area contributed by atoms with Gasteiger partial charge in [-0.15, -0.1) is 0 Å². The van der Waals surface area contributed by atoms with E-state index in [9.17, 15) is 4.79 Å². The summed E-state index contributed by atoms with van der Waals surface area (Å²) in [5.41, 5.74) is 1.02. The minimum Gasteiger partial charge on any atom is -0.463 e. The van der Waals surface area contributed by atoms with E-state index in [4.69, 9.17) is 4.74 Å². The molecular weight excluding hydrogens is 408 g/mol. The first kappa shape index (κ1) is 25.5. The molecule has 0 aliphatic heterocycles. The third-order valence-corrected chi connectivity index (χ3v) is 11.0. The second-order valence-electron chi connectivity index (χ2n) is 13.6. The normalized spacial score (nSPS) is 42.8. The van der Waals surface area contributed by atoms with Crippen LogP contribution in [0.15, 0.2) is 0 Å². The Morgan fingerprint density at radius 1 is 0.879 bits per heavy atom. The van der Waals surface area contributed by atoms with Crippen LogP contribution in [0.4, 0.5) is 0 Å². The Hall–Kier alpha value is -0.610. The van der Waals surface area contributed by atoms with Gasteiger partial charge in [-0.3, -0.25) is 4.79 Å². The molecule has 0 saturated heterocycles. The highest BCUT2D eigenvalue weighted by atomic mass is 16.5. The molecule has 0 bridgehead atoms. The Morgan fingerprint density at radius 2 is 1.52 bits per heavy atom. The Balaban J connectivity index is 1.45. The molecule has 0 aromatic carbocycles. The highest BCUT2D eigenvalue weighted by Gasteiger charge is 2.60. The van der Waals surface area contributed by atoms with Crippen LogP contribution in [-0.2, 0) is 9.53 Å². The summed E-state index contributed by atoms with van der Waals surface area (Å²) in [4.78, 5) is 16.3. The molecule has 8 atom stereocenters. The summed E-state index contributed by atoms with van der Waals surface area (Å²) in [6, 6.07) is 0. The highest BCUT2D eigenvalue weighted by molar-refractivity contribution is 5.66. The quantitative estimate of drug-likeness (QED) is 0.456. The van der Waals surface area contributed by atoms with Crippen molar-refractivity contribution in [3.63, 3.8) is 0 Å². The van der Waals surface area contributed by atoms with Crippen molar-refractivity contribution in [2.24, 2.45) is 46.3 Å². The van der Waals surface area contributed by atoms with Crippen molar-refractivity contribution in [3.8, 4) is 0 Å². The summed E-state index contributed by atoms with van der Waals surface area (Å²) < 4.78 is 5.67. The van der Waals surface area contributed by atoms with E-state index in [-0.39, 0.29) is 12.1 Å². The SMILES string of the molecule is CC(=O)OC1CCC2(C)C(CCC3C4CCC(CC(CN(C)C)CN(C)C)C4(C)CCC32)C1. The van der Waals surface area contributed by atoms with Gasteiger partial charge in [0.05, 0.1) is 0 Å². The zero-order valence-electron chi connectivity index (χ0n) is 22.7. The van der Waals surface area contributed by atoms with Crippen LogP contribution < -0.4 is 0 Å². The Morgan fingerprint density at radius 3 is 2.15 bits per heavy atom. The lowest BCUT2D eigenvalue weighted by Crippen LogP contribution is -2.54. The largest absolute Gasteiger partial charge is 0.463 e. The first-order valence-corrected chi connectivity index (χ1v) is 14.0. The van der Waals surface area contributed by atoms with Gasteiger partial charge in [0.1, 0.15) is 6.10 Å². The van der Waals surface area contributed by atoms with E-state index < -0.39 is 0 Å². The number of nitrogens with zero attached hydrogens (tertiary/aromatic N) is 2. The predicted molar refractivity (Wildman–Crippen MR) is 136 cm³/mol. The monoisotopic (exact) mass is 460 g/mol. The zero-order chi connectivity index (χ0) is 24.0. The number of rotatable bonds is 7. The van der Waals surface area contributed by atoms with Gasteiger partial charge in [0, 0.05) is 20.0 Å². The first-order valence-electron chi connectivity index (χ1n) is 14.0. The number of ether oxygens (including phenoxy) is 1. The average Bonchev–Trinajstić information content (AvgIpc) is 3.03. The van der Waals surface area contributed by atoms with E-state index in [2.05, 4.69) is 51.8 Å². The van der Waals surface area contributed by atoms with Gasteiger partial charge in [-0.2, -0.15) is 0 Å². The second kappa shape index (κ2) is 9.80. The number of fused-ring (bicyclic) bond motifs is 5. The molecule has 4 rings (SSSR count). The van der Waals surface area contributed by atoms with Crippen LogP contribution in [0, 0.1) is 46.3 Å². The highest BCUT2D eigenvalue weighted by Crippen LogP contribution is 2.68. The molecule has 4 aliphatic carbocycles. The van der Waals surface area contributed by atoms with Gasteiger partial charge < -0.3 is 14.5 Å². The topological polar surface area (TPSA) is 32.8 Å². The summed E-state index contributed by atoms with van der Waals surface area (Å²) in [5, 5.41) is 0. The van der Waals surface area contributed by atoms with E-state index in [1.54, 1.807) is 6.92 Å². The molecule has 0 aromatic heterocycles. The van der Waals surface area contributed by atoms with Gasteiger partial charge in [0.2, 0.25) is 0 Å². The minimum absolute atomic E-state index is 0.0930. The van der Waals surface area contributed by atoms with Gasteiger partial charge in [-0.25, -0.2) is 0 Å². The molecule has 0 spiro atoms. The molecule has 4 saturated carbocycles.